The first-order valence-electron chi connectivity index (χ1n) is 4.83. The number of hydrogen-bond acceptors (Lipinski definition) is 2. The number of nitriles is 2. The molecule has 0 fully saturated rings. The highest BCUT2D eigenvalue weighted by Crippen LogP contribution is 2.20. The van der Waals surface area contributed by atoms with Crippen LogP contribution in [0.15, 0.2) is 24.4 Å². The molecular weight excluding hydrogens is 174 g/mol. The van der Waals surface area contributed by atoms with Crippen LogP contribution in [0.1, 0.15) is 19.8 Å². The molecule has 0 bridgehead atoms. The first kappa shape index (κ1) is 10.5. The largest absolute Gasteiger partial charge is 0.315 e. The van der Waals surface area contributed by atoms with Crippen LogP contribution < -0.4 is 0 Å². The minimum atomic E-state index is -0.350. The summed E-state index contributed by atoms with van der Waals surface area (Å²) in [5, 5.41) is 18.1. The van der Waals surface area contributed by atoms with Crippen LogP contribution in [0, 0.1) is 22.8 Å². The van der Waals surface area contributed by atoms with Crippen molar-refractivity contribution in [3.05, 3.63) is 24.4 Å². The van der Waals surface area contributed by atoms with Crippen molar-refractivity contribution in [1.29, 1.82) is 10.5 Å². The van der Waals surface area contributed by atoms with Crippen molar-refractivity contribution in [1.82, 2.24) is 0 Å². The van der Waals surface area contributed by atoms with E-state index in [0.29, 0.717) is 6.54 Å². The molecule has 0 N–H and O–H groups in total. The number of allylic oxidation sites excluding steroid dienone is 2. The molecule has 3 heteroatoms. The molecule has 14 heavy (non-hydrogen) atoms. The quantitative estimate of drug-likeness (QED) is 0.502. The third kappa shape index (κ3) is 1.84. The molecule has 72 valence electrons. The van der Waals surface area contributed by atoms with E-state index < -0.39 is 0 Å². The standard InChI is InChI=1S/C11H14N3/c1-2-3-7-14(10-13)8-5-4-6-11(14)9-12/h4-6,8,11H,2-3,7H2,1H3/q+1. The number of hydrogen-bond donors (Lipinski definition) is 0. The highest BCUT2D eigenvalue weighted by molar-refractivity contribution is 5.15. The van der Waals surface area contributed by atoms with Gasteiger partial charge in [-0.1, -0.05) is 19.4 Å². The third-order valence-electron chi connectivity index (χ3n) is 2.45. The first-order valence-corrected chi connectivity index (χ1v) is 4.83. The molecule has 0 amide bonds. The summed E-state index contributed by atoms with van der Waals surface area (Å²) in [6, 6.07) is 1.82. The Hall–Kier alpha value is -1.58. The molecule has 0 saturated carbocycles. The van der Waals surface area contributed by atoms with E-state index in [-0.39, 0.29) is 10.5 Å². The molecular formula is C11H14N3+. The monoisotopic (exact) mass is 188 g/mol. The van der Waals surface area contributed by atoms with E-state index >= 15 is 0 Å². The smallest absolute Gasteiger partial charge is 0.191 e. The topological polar surface area (TPSA) is 47.6 Å². The molecule has 0 spiro atoms. The average Bonchev–Trinajstić information content (AvgIpc) is 2.26. The number of unbranched alkanes of at least 4 members (excludes halogenated alkanes) is 1. The lowest BCUT2D eigenvalue weighted by atomic mass is 10.1. The molecule has 0 aromatic rings. The molecule has 0 radical (unpaired) electrons. The second kappa shape index (κ2) is 4.60. The minimum Gasteiger partial charge on any atom is -0.191 e. The lowest BCUT2D eigenvalue weighted by Gasteiger charge is -2.29. The predicted molar refractivity (Wildman–Crippen MR) is 53.3 cm³/mol. The predicted octanol–water partition coefficient (Wildman–Crippen LogP) is 2.06. The van der Waals surface area contributed by atoms with E-state index in [2.05, 4.69) is 19.2 Å². The van der Waals surface area contributed by atoms with Gasteiger partial charge in [-0.3, -0.25) is 0 Å². The van der Waals surface area contributed by atoms with E-state index in [4.69, 9.17) is 10.5 Å². The van der Waals surface area contributed by atoms with Gasteiger partial charge in [-0.15, -0.1) is 5.26 Å². The van der Waals surface area contributed by atoms with Crippen molar-refractivity contribution < 1.29 is 4.48 Å². The van der Waals surface area contributed by atoms with Crippen molar-refractivity contribution >= 4 is 0 Å². The molecule has 1 aliphatic heterocycles. The van der Waals surface area contributed by atoms with Crippen LogP contribution in [-0.2, 0) is 0 Å². The van der Waals surface area contributed by atoms with Crippen molar-refractivity contribution in [3.63, 3.8) is 0 Å². The highest BCUT2D eigenvalue weighted by Gasteiger charge is 2.35. The molecule has 2 unspecified atom stereocenters. The lowest BCUT2D eigenvalue weighted by molar-refractivity contribution is -0.826. The second-order valence-corrected chi connectivity index (χ2v) is 3.41. The van der Waals surface area contributed by atoms with Gasteiger partial charge >= 0.3 is 6.19 Å². The fraction of sp³-hybridized carbons (Fsp3) is 0.455. The molecule has 1 heterocycles. The summed E-state index contributed by atoms with van der Waals surface area (Å²) in [5.41, 5.74) is 0. The van der Waals surface area contributed by atoms with Gasteiger partial charge in [-0.25, -0.2) is 0 Å². The molecule has 3 nitrogen and oxygen atoms in total. The van der Waals surface area contributed by atoms with E-state index in [9.17, 15) is 0 Å². The van der Waals surface area contributed by atoms with Gasteiger partial charge in [-0.2, -0.15) is 9.74 Å². The Balaban J connectivity index is 2.87. The van der Waals surface area contributed by atoms with Crippen LogP contribution >= 0.6 is 0 Å². The zero-order valence-corrected chi connectivity index (χ0v) is 8.35. The Bertz CT molecular complexity index is 329. The molecule has 2 atom stereocenters. The van der Waals surface area contributed by atoms with Crippen LogP contribution in [0.2, 0.25) is 0 Å². The molecule has 0 aromatic heterocycles. The summed E-state index contributed by atoms with van der Waals surface area (Å²) in [6.45, 7) is 2.80. The molecule has 0 aromatic carbocycles. The van der Waals surface area contributed by atoms with Gasteiger partial charge in [0, 0.05) is 0 Å². The van der Waals surface area contributed by atoms with Crippen LogP contribution in [0.5, 0.6) is 0 Å². The van der Waals surface area contributed by atoms with E-state index in [1.54, 1.807) is 6.08 Å². The van der Waals surface area contributed by atoms with Gasteiger partial charge in [0.2, 0.25) is 6.04 Å². The average molecular weight is 188 g/mol. The van der Waals surface area contributed by atoms with Crippen LogP contribution in [0.4, 0.5) is 0 Å². The number of nitrogens with zero attached hydrogens (tertiary/aromatic N) is 3. The maximum Gasteiger partial charge on any atom is 0.315 e. The van der Waals surface area contributed by atoms with Gasteiger partial charge in [-0.05, 0) is 18.6 Å². The maximum absolute atomic E-state index is 9.16. The summed E-state index contributed by atoms with van der Waals surface area (Å²) >= 11 is 0. The Labute approximate surface area is 84.8 Å². The van der Waals surface area contributed by atoms with Gasteiger partial charge in [0.25, 0.3) is 0 Å². The van der Waals surface area contributed by atoms with E-state index in [1.165, 1.54) is 0 Å². The molecule has 1 aliphatic rings. The molecule has 0 saturated heterocycles. The van der Waals surface area contributed by atoms with Crippen molar-refractivity contribution in [2.24, 2.45) is 0 Å². The van der Waals surface area contributed by atoms with Gasteiger partial charge < -0.3 is 0 Å². The van der Waals surface area contributed by atoms with E-state index in [0.717, 1.165) is 12.8 Å². The number of rotatable bonds is 3. The van der Waals surface area contributed by atoms with Crippen LogP contribution in [0.3, 0.4) is 0 Å². The molecule has 1 rings (SSSR count). The Morgan fingerprint density at radius 2 is 2.14 bits per heavy atom. The summed E-state index contributed by atoms with van der Waals surface area (Å²) in [5.74, 6) is 0. The third-order valence-corrected chi connectivity index (χ3v) is 2.45. The summed E-state index contributed by atoms with van der Waals surface area (Å²) < 4.78 is 0.112. The second-order valence-electron chi connectivity index (χ2n) is 3.41. The summed E-state index contributed by atoms with van der Waals surface area (Å²) in [4.78, 5) is 0. The Morgan fingerprint density at radius 3 is 2.71 bits per heavy atom. The fourth-order valence-electron chi connectivity index (χ4n) is 1.54. The zero-order chi connectivity index (χ0) is 10.4. The highest BCUT2D eigenvalue weighted by atomic mass is 15.4. The maximum atomic E-state index is 9.16. The van der Waals surface area contributed by atoms with E-state index in [1.807, 2.05) is 18.4 Å². The molecule has 0 aliphatic carbocycles. The zero-order valence-electron chi connectivity index (χ0n) is 8.35. The van der Waals surface area contributed by atoms with Gasteiger partial charge in [0.15, 0.2) is 0 Å². The number of quaternary nitrogens is 1. The Morgan fingerprint density at radius 1 is 1.36 bits per heavy atom. The SMILES string of the molecule is CCCC[N+]1(C#N)C=CC=CC1C#N. The van der Waals surface area contributed by atoms with Crippen LogP contribution in [-0.4, -0.2) is 17.1 Å². The van der Waals surface area contributed by atoms with Crippen molar-refractivity contribution in [2.45, 2.75) is 25.8 Å². The van der Waals surface area contributed by atoms with Crippen molar-refractivity contribution in [3.8, 4) is 12.3 Å². The summed E-state index contributed by atoms with van der Waals surface area (Å²) in [6.07, 6.45) is 11.5. The first-order chi connectivity index (χ1) is 6.79. The normalized spacial score (nSPS) is 29.5. The van der Waals surface area contributed by atoms with Crippen molar-refractivity contribution in [2.75, 3.05) is 6.54 Å². The fourth-order valence-corrected chi connectivity index (χ4v) is 1.54. The lowest BCUT2D eigenvalue weighted by Crippen LogP contribution is -2.47. The summed E-state index contributed by atoms with van der Waals surface area (Å²) in [7, 11) is 0. The minimum absolute atomic E-state index is 0.112. The Kier molecular flexibility index (Phi) is 3.45. The van der Waals surface area contributed by atoms with Gasteiger partial charge in [0.1, 0.15) is 12.3 Å². The van der Waals surface area contributed by atoms with Crippen LogP contribution in [0.25, 0.3) is 0 Å². The van der Waals surface area contributed by atoms with Gasteiger partial charge in [0.05, 0.1) is 6.54 Å².